The van der Waals surface area contributed by atoms with Crippen LogP contribution in [0.5, 0.6) is 0 Å². The second kappa shape index (κ2) is 9.80. The smallest absolute Gasteiger partial charge is 0.407 e. The van der Waals surface area contributed by atoms with Crippen molar-refractivity contribution in [1.82, 2.24) is 20.0 Å². The number of amides is 2. The fourth-order valence-electron chi connectivity index (χ4n) is 3.52. The van der Waals surface area contributed by atoms with Crippen molar-refractivity contribution in [1.29, 1.82) is 0 Å². The summed E-state index contributed by atoms with van der Waals surface area (Å²) in [6.45, 7) is 8.50. The molecule has 1 aliphatic heterocycles. The van der Waals surface area contributed by atoms with Crippen molar-refractivity contribution < 1.29 is 19.4 Å². The molecule has 1 aromatic carbocycles. The summed E-state index contributed by atoms with van der Waals surface area (Å²) >= 11 is 0. The largest absolute Gasteiger partial charge is 0.465 e. The van der Waals surface area contributed by atoms with Crippen molar-refractivity contribution in [3.63, 3.8) is 0 Å². The summed E-state index contributed by atoms with van der Waals surface area (Å²) in [5.74, 6) is 0.789. The lowest BCUT2D eigenvalue weighted by Gasteiger charge is -2.34. The number of benzene rings is 1. The standard InChI is InChI=1S/C22H32N6O4/c1-16-18(19(25-26(16)4)27-10-12-28(13-11-27)21(30)31)23-15-22(2,3)24-20(29)32-14-17-8-6-5-7-9-17/h5-9,23H,10-15H2,1-4H3,(H,24,29)(H,30,31). The third-order valence-corrected chi connectivity index (χ3v) is 5.53. The van der Waals surface area contributed by atoms with Crippen LogP contribution in [0, 0.1) is 6.92 Å². The van der Waals surface area contributed by atoms with Crippen LogP contribution >= 0.6 is 0 Å². The summed E-state index contributed by atoms with van der Waals surface area (Å²) in [6, 6.07) is 9.53. The van der Waals surface area contributed by atoms with Crippen LogP contribution in [-0.4, -0.2) is 70.2 Å². The molecular weight excluding hydrogens is 412 g/mol. The number of carbonyl (C=O) groups excluding carboxylic acids is 1. The molecule has 10 heteroatoms. The van der Waals surface area contributed by atoms with Gasteiger partial charge in [0.05, 0.1) is 11.2 Å². The first-order chi connectivity index (χ1) is 15.2. The molecule has 0 radical (unpaired) electrons. The van der Waals surface area contributed by atoms with Gasteiger partial charge in [0.15, 0.2) is 5.82 Å². The van der Waals surface area contributed by atoms with E-state index < -0.39 is 17.7 Å². The molecule has 0 bridgehead atoms. The van der Waals surface area contributed by atoms with Gasteiger partial charge in [0.1, 0.15) is 12.3 Å². The predicted octanol–water partition coefficient (Wildman–Crippen LogP) is 2.65. The Hall–Kier alpha value is -3.43. The molecule has 2 heterocycles. The maximum atomic E-state index is 12.3. The zero-order valence-corrected chi connectivity index (χ0v) is 19.1. The number of ether oxygens (including phenoxy) is 1. The molecule has 0 unspecified atom stereocenters. The van der Waals surface area contributed by atoms with E-state index in [0.29, 0.717) is 32.7 Å². The molecule has 1 aliphatic rings. The Morgan fingerprint density at radius 2 is 1.81 bits per heavy atom. The first-order valence-corrected chi connectivity index (χ1v) is 10.7. The monoisotopic (exact) mass is 444 g/mol. The van der Waals surface area contributed by atoms with E-state index in [4.69, 9.17) is 4.74 Å². The number of aromatic nitrogens is 2. The molecule has 174 valence electrons. The zero-order chi connectivity index (χ0) is 23.3. The highest BCUT2D eigenvalue weighted by atomic mass is 16.5. The molecule has 2 amide bonds. The Bertz CT molecular complexity index is 935. The molecule has 10 nitrogen and oxygen atoms in total. The number of anilines is 2. The molecule has 1 saturated heterocycles. The van der Waals surface area contributed by atoms with E-state index in [1.807, 2.05) is 58.2 Å². The van der Waals surface area contributed by atoms with Crippen LogP contribution in [0.3, 0.4) is 0 Å². The van der Waals surface area contributed by atoms with Crippen molar-refractivity contribution in [3.8, 4) is 0 Å². The van der Waals surface area contributed by atoms with Gasteiger partial charge in [-0.1, -0.05) is 30.3 Å². The van der Waals surface area contributed by atoms with Crippen LogP contribution in [0.4, 0.5) is 21.1 Å². The summed E-state index contributed by atoms with van der Waals surface area (Å²) in [7, 11) is 1.88. The molecule has 3 rings (SSSR count). The number of nitrogens with zero attached hydrogens (tertiary/aromatic N) is 4. The van der Waals surface area contributed by atoms with Gasteiger partial charge < -0.3 is 30.3 Å². The number of nitrogens with one attached hydrogen (secondary N) is 2. The van der Waals surface area contributed by atoms with Crippen LogP contribution < -0.4 is 15.5 Å². The fourth-order valence-corrected chi connectivity index (χ4v) is 3.52. The molecule has 1 fully saturated rings. The highest BCUT2D eigenvalue weighted by Crippen LogP contribution is 2.29. The highest BCUT2D eigenvalue weighted by Gasteiger charge is 2.27. The second-order valence-corrected chi connectivity index (χ2v) is 8.59. The number of hydrogen-bond donors (Lipinski definition) is 3. The van der Waals surface area contributed by atoms with Crippen molar-refractivity contribution in [2.45, 2.75) is 32.9 Å². The third-order valence-electron chi connectivity index (χ3n) is 5.53. The summed E-state index contributed by atoms with van der Waals surface area (Å²) in [4.78, 5) is 27.0. The summed E-state index contributed by atoms with van der Waals surface area (Å²) in [5.41, 5.74) is 2.19. The third kappa shape index (κ3) is 5.83. The highest BCUT2D eigenvalue weighted by molar-refractivity contribution is 5.71. The molecule has 1 aromatic heterocycles. The maximum absolute atomic E-state index is 12.3. The van der Waals surface area contributed by atoms with E-state index in [9.17, 15) is 14.7 Å². The number of hydrogen-bond acceptors (Lipinski definition) is 6. The van der Waals surface area contributed by atoms with Gasteiger partial charge >= 0.3 is 12.2 Å². The minimum absolute atomic E-state index is 0.213. The minimum atomic E-state index is -0.896. The normalized spacial score (nSPS) is 14.2. The Kier molecular flexibility index (Phi) is 7.12. The summed E-state index contributed by atoms with van der Waals surface area (Å²) in [5, 5.41) is 20.1. The lowest BCUT2D eigenvalue weighted by molar-refractivity contribution is 0.130. The predicted molar refractivity (Wildman–Crippen MR) is 122 cm³/mol. The molecule has 3 N–H and O–H groups in total. The maximum Gasteiger partial charge on any atom is 0.407 e. The Morgan fingerprint density at radius 1 is 1.16 bits per heavy atom. The van der Waals surface area contributed by atoms with E-state index in [1.54, 1.807) is 4.68 Å². The number of alkyl carbamates (subject to hydrolysis) is 1. The Labute approximate surface area is 188 Å². The van der Waals surface area contributed by atoms with Crippen LogP contribution in [0.15, 0.2) is 30.3 Å². The van der Waals surface area contributed by atoms with Gasteiger partial charge in [-0.2, -0.15) is 5.10 Å². The number of aryl methyl sites for hydroxylation is 1. The van der Waals surface area contributed by atoms with Crippen LogP contribution in [-0.2, 0) is 18.4 Å². The Balaban J connectivity index is 1.58. The van der Waals surface area contributed by atoms with Crippen LogP contribution in [0.1, 0.15) is 25.1 Å². The fraction of sp³-hybridized carbons (Fsp3) is 0.500. The van der Waals surface area contributed by atoms with Crippen LogP contribution in [0.2, 0.25) is 0 Å². The first-order valence-electron chi connectivity index (χ1n) is 10.7. The average molecular weight is 445 g/mol. The minimum Gasteiger partial charge on any atom is -0.465 e. The number of carbonyl (C=O) groups is 2. The van der Waals surface area contributed by atoms with Crippen molar-refractivity contribution in [2.24, 2.45) is 7.05 Å². The molecule has 0 atom stereocenters. The van der Waals surface area contributed by atoms with Crippen molar-refractivity contribution in [3.05, 3.63) is 41.6 Å². The SMILES string of the molecule is Cc1c(NCC(C)(C)NC(=O)OCc2ccccc2)c(N2CCN(C(=O)O)CC2)nn1C. The van der Waals surface area contributed by atoms with Crippen molar-refractivity contribution in [2.75, 3.05) is 42.9 Å². The van der Waals surface area contributed by atoms with Gasteiger partial charge in [0, 0.05) is 39.8 Å². The molecule has 0 aliphatic carbocycles. The molecule has 2 aromatic rings. The van der Waals surface area contributed by atoms with E-state index in [2.05, 4.69) is 20.6 Å². The average Bonchev–Trinajstić information content (AvgIpc) is 3.05. The van der Waals surface area contributed by atoms with Gasteiger partial charge in [0.25, 0.3) is 0 Å². The summed E-state index contributed by atoms with van der Waals surface area (Å²) < 4.78 is 7.14. The van der Waals surface area contributed by atoms with Crippen molar-refractivity contribution >= 4 is 23.7 Å². The molecule has 0 saturated carbocycles. The van der Waals surface area contributed by atoms with Gasteiger partial charge in [-0.05, 0) is 26.3 Å². The lowest BCUT2D eigenvalue weighted by atomic mass is 10.1. The second-order valence-electron chi connectivity index (χ2n) is 8.59. The number of carboxylic acid groups (broad SMARTS) is 1. The topological polar surface area (TPSA) is 112 Å². The molecule has 32 heavy (non-hydrogen) atoms. The van der Waals surface area contributed by atoms with E-state index in [-0.39, 0.29) is 6.61 Å². The van der Waals surface area contributed by atoms with Gasteiger partial charge in [-0.25, -0.2) is 9.59 Å². The van der Waals surface area contributed by atoms with Crippen LogP contribution in [0.25, 0.3) is 0 Å². The molecule has 0 spiro atoms. The van der Waals surface area contributed by atoms with Gasteiger partial charge in [0.2, 0.25) is 0 Å². The molecular formula is C22H32N6O4. The Morgan fingerprint density at radius 3 is 2.44 bits per heavy atom. The zero-order valence-electron chi connectivity index (χ0n) is 19.1. The lowest BCUT2D eigenvalue weighted by Crippen LogP contribution is -2.49. The summed E-state index contributed by atoms with van der Waals surface area (Å²) in [6.07, 6.45) is -1.37. The van der Waals surface area contributed by atoms with E-state index in [1.165, 1.54) is 4.90 Å². The number of piperazine rings is 1. The first kappa shape index (κ1) is 23.2. The van der Waals surface area contributed by atoms with Gasteiger partial charge in [-0.15, -0.1) is 0 Å². The van der Waals surface area contributed by atoms with E-state index >= 15 is 0 Å². The quantitative estimate of drug-likeness (QED) is 0.602. The van der Waals surface area contributed by atoms with Gasteiger partial charge in [-0.3, -0.25) is 4.68 Å². The van der Waals surface area contributed by atoms with E-state index in [0.717, 1.165) is 22.8 Å². The number of rotatable bonds is 7.